The van der Waals surface area contributed by atoms with Gasteiger partial charge in [-0.1, -0.05) is 84.4 Å². The molecule has 0 aliphatic carbocycles. The summed E-state index contributed by atoms with van der Waals surface area (Å²) in [6.07, 6.45) is 1.63. The third-order valence-corrected chi connectivity index (χ3v) is 8.17. The summed E-state index contributed by atoms with van der Waals surface area (Å²) < 4.78 is 0. The molecule has 212 valence electrons. The highest BCUT2D eigenvalue weighted by atomic mass is 16.2. The van der Waals surface area contributed by atoms with Crippen molar-refractivity contribution in [2.24, 2.45) is 0 Å². The summed E-state index contributed by atoms with van der Waals surface area (Å²) in [4.78, 5) is 35.7. The van der Waals surface area contributed by atoms with Gasteiger partial charge in [0.15, 0.2) is 0 Å². The maximum absolute atomic E-state index is 14.2. The maximum atomic E-state index is 14.2. The van der Waals surface area contributed by atoms with Crippen LogP contribution in [0.15, 0.2) is 109 Å². The van der Waals surface area contributed by atoms with Crippen LogP contribution < -0.4 is 9.80 Å². The molecule has 2 amide bonds. The van der Waals surface area contributed by atoms with Gasteiger partial charge in [0.2, 0.25) is 0 Å². The first-order valence-corrected chi connectivity index (χ1v) is 14.3. The zero-order valence-corrected chi connectivity index (χ0v) is 25.1. The molecule has 0 spiro atoms. The molecule has 0 atom stereocenters. The fraction of sp³-hybridized carbons (Fsp3) is 0.132. The first kappa shape index (κ1) is 27.9. The normalized spacial score (nSPS) is 11.1. The molecule has 6 rings (SSSR count). The van der Waals surface area contributed by atoms with E-state index in [0.717, 1.165) is 60.7 Å². The average molecular weight is 564 g/mol. The van der Waals surface area contributed by atoms with Crippen molar-refractivity contribution < 1.29 is 9.59 Å². The lowest BCUT2D eigenvalue weighted by Crippen LogP contribution is -2.29. The molecule has 43 heavy (non-hydrogen) atoms. The number of anilines is 2. The smallest absolute Gasteiger partial charge is 0.276 e. The first-order chi connectivity index (χ1) is 20.8. The minimum atomic E-state index is -0.214. The van der Waals surface area contributed by atoms with E-state index in [-0.39, 0.29) is 11.8 Å². The van der Waals surface area contributed by atoms with Crippen molar-refractivity contribution in [2.45, 2.75) is 20.8 Å². The summed E-state index contributed by atoms with van der Waals surface area (Å²) in [5.41, 5.74) is 7.35. The van der Waals surface area contributed by atoms with Crippen LogP contribution in [0, 0.1) is 20.8 Å². The van der Waals surface area contributed by atoms with Crippen LogP contribution in [0.2, 0.25) is 0 Å². The number of fused-ring (bicyclic) bond motifs is 2. The highest BCUT2D eigenvalue weighted by Gasteiger charge is 2.26. The van der Waals surface area contributed by atoms with Crippen molar-refractivity contribution in [1.82, 2.24) is 4.98 Å². The molecule has 1 aromatic heterocycles. The van der Waals surface area contributed by atoms with Crippen LogP contribution in [-0.2, 0) is 0 Å². The predicted octanol–water partition coefficient (Wildman–Crippen LogP) is 8.53. The van der Waals surface area contributed by atoms with Crippen LogP contribution in [0.5, 0.6) is 0 Å². The Morgan fingerprint density at radius 3 is 1.58 bits per heavy atom. The Bertz CT molecular complexity index is 2010. The van der Waals surface area contributed by atoms with Gasteiger partial charge in [-0.2, -0.15) is 0 Å². The van der Waals surface area contributed by atoms with Crippen molar-refractivity contribution in [3.63, 3.8) is 0 Å². The van der Waals surface area contributed by atoms with Crippen molar-refractivity contribution in [3.8, 4) is 11.1 Å². The highest BCUT2D eigenvalue weighted by Crippen LogP contribution is 2.46. The lowest BCUT2D eigenvalue weighted by atomic mass is 9.90. The summed E-state index contributed by atoms with van der Waals surface area (Å²) in [5.74, 6) is -0.291. The summed E-state index contributed by atoms with van der Waals surface area (Å²) in [7, 11) is 3.62. The van der Waals surface area contributed by atoms with E-state index in [1.165, 1.54) is 0 Å². The van der Waals surface area contributed by atoms with Gasteiger partial charge in [-0.15, -0.1) is 0 Å². The number of nitrogens with zero attached hydrogens (tertiary/aromatic N) is 3. The Morgan fingerprint density at radius 1 is 0.581 bits per heavy atom. The van der Waals surface area contributed by atoms with E-state index in [1.807, 2.05) is 76.3 Å². The number of pyridine rings is 1. The number of amides is 2. The molecule has 1 heterocycles. The number of carbonyl (C=O) groups is 2. The molecule has 0 aliphatic heterocycles. The predicted molar refractivity (Wildman–Crippen MR) is 177 cm³/mol. The monoisotopic (exact) mass is 563 g/mol. The first-order valence-electron chi connectivity index (χ1n) is 14.3. The molecule has 0 N–H and O–H groups in total. The van der Waals surface area contributed by atoms with Crippen LogP contribution in [0.3, 0.4) is 0 Å². The van der Waals surface area contributed by atoms with E-state index in [1.54, 1.807) is 35.2 Å². The van der Waals surface area contributed by atoms with Crippen LogP contribution in [-0.4, -0.2) is 30.9 Å². The molecular weight excluding hydrogens is 530 g/mol. The van der Waals surface area contributed by atoms with E-state index in [4.69, 9.17) is 0 Å². The lowest BCUT2D eigenvalue weighted by molar-refractivity contribution is 0.0982. The van der Waals surface area contributed by atoms with Crippen molar-refractivity contribution in [3.05, 3.63) is 137 Å². The quantitative estimate of drug-likeness (QED) is 0.211. The van der Waals surface area contributed by atoms with Crippen molar-refractivity contribution in [1.29, 1.82) is 0 Å². The Morgan fingerprint density at radius 2 is 1.07 bits per heavy atom. The van der Waals surface area contributed by atoms with Gasteiger partial charge in [-0.05, 0) is 77.7 Å². The molecule has 0 bridgehead atoms. The van der Waals surface area contributed by atoms with Crippen LogP contribution >= 0.6 is 0 Å². The van der Waals surface area contributed by atoms with Crippen LogP contribution in [0.4, 0.5) is 11.4 Å². The molecule has 0 radical (unpaired) electrons. The largest absolute Gasteiger partial charge is 0.311 e. The number of carbonyl (C=O) groups excluding carboxylic acids is 2. The number of hydrogen-bond donors (Lipinski definition) is 0. The lowest BCUT2D eigenvalue weighted by Gasteiger charge is -2.28. The Balaban J connectivity index is 1.64. The summed E-state index contributed by atoms with van der Waals surface area (Å²) in [6.45, 7) is 6.02. The zero-order valence-electron chi connectivity index (χ0n) is 25.1. The van der Waals surface area contributed by atoms with Gasteiger partial charge >= 0.3 is 0 Å². The molecule has 5 nitrogen and oxygen atoms in total. The fourth-order valence-electron chi connectivity index (χ4n) is 6.17. The van der Waals surface area contributed by atoms with E-state index in [2.05, 4.69) is 47.4 Å². The summed E-state index contributed by atoms with van der Waals surface area (Å²) in [5, 5.41) is 4.07. The number of hydrogen-bond acceptors (Lipinski definition) is 3. The molecule has 0 saturated heterocycles. The molecule has 5 heteroatoms. The molecular formula is C38H33N3O2. The molecule has 0 aliphatic rings. The number of rotatable bonds is 5. The van der Waals surface area contributed by atoms with E-state index in [0.29, 0.717) is 11.3 Å². The molecule has 0 saturated carbocycles. The zero-order chi connectivity index (χ0) is 30.2. The van der Waals surface area contributed by atoms with Crippen molar-refractivity contribution in [2.75, 3.05) is 23.9 Å². The van der Waals surface area contributed by atoms with Gasteiger partial charge in [0.25, 0.3) is 11.8 Å². The minimum Gasteiger partial charge on any atom is -0.311 e. The second kappa shape index (κ2) is 11.2. The second-order valence-corrected chi connectivity index (χ2v) is 11.1. The SMILES string of the molecule is Cc1cc(C)c(C(=O)N(C)c2ccc3ccccc3c2-c2c(N(C)C(=O)c3ccccn3)ccc3ccccc23)c(C)c1. The minimum absolute atomic E-state index is 0.0776. The van der Waals surface area contributed by atoms with Gasteiger partial charge < -0.3 is 9.80 Å². The van der Waals surface area contributed by atoms with Crippen LogP contribution in [0.1, 0.15) is 37.5 Å². The molecule has 0 fully saturated rings. The third kappa shape index (κ3) is 4.93. The average Bonchev–Trinajstić information content (AvgIpc) is 3.02. The Kier molecular flexibility index (Phi) is 7.24. The maximum Gasteiger partial charge on any atom is 0.276 e. The molecule has 5 aromatic carbocycles. The fourth-order valence-corrected chi connectivity index (χ4v) is 6.17. The van der Waals surface area contributed by atoms with Crippen molar-refractivity contribution >= 4 is 44.7 Å². The van der Waals surface area contributed by atoms with Gasteiger partial charge in [0, 0.05) is 37.0 Å². The summed E-state index contributed by atoms with van der Waals surface area (Å²) >= 11 is 0. The van der Waals surface area contributed by atoms with Gasteiger partial charge in [0.05, 0.1) is 11.4 Å². The van der Waals surface area contributed by atoms with Gasteiger partial charge in [-0.25, -0.2) is 0 Å². The second-order valence-electron chi connectivity index (χ2n) is 11.1. The molecule has 6 aromatic rings. The topological polar surface area (TPSA) is 53.5 Å². The molecule has 0 unspecified atom stereocenters. The number of aromatic nitrogens is 1. The number of aryl methyl sites for hydroxylation is 3. The van der Waals surface area contributed by atoms with Crippen LogP contribution in [0.25, 0.3) is 32.7 Å². The van der Waals surface area contributed by atoms with Gasteiger partial charge in [-0.3, -0.25) is 14.6 Å². The number of benzene rings is 5. The standard InChI is InChI=1S/C38H33N3O2/c1-24-22-25(2)34(26(3)23-24)38(43)41(5)33-20-18-28-13-7-9-15-30(28)36(33)35-29-14-8-6-12-27(29)17-19-32(35)40(4)37(42)31-16-10-11-21-39-31/h6-23H,1-5H3. The van der Waals surface area contributed by atoms with E-state index < -0.39 is 0 Å². The van der Waals surface area contributed by atoms with E-state index >= 15 is 0 Å². The van der Waals surface area contributed by atoms with Gasteiger partial charge in [0.1, 0.15) is 5.69 Å². The highest BCUT2D eigenvalue weighted by molar-refractivity contribution is 6.19. The Labute approximate surface area is 252 Å². The Hall–Kier alpha value is -5.29. The van der Waals surface area contributed by atoms with E-state index in [9.17, 15) is 9.59 Å². The summed E-state index contributed by atoms with van der Waals surface area (Å²) in [6, 6.07) is 33.9. The third-order valence-electron chi connectivity index (χ3n) is 8.17.